The van der Waals surface area contributed by atoms with Crippen molar-refractivity contribution < 1.29 is 13.4 Å². The van der Waals surface area contributed by atoms with E-state index in [1.807, 2.05) is 0 Å². The van der Waals surface area contributed by atoms with E-state index in [-0.39, 0.29) is 11.7 Å². The van der Waals surface area contributed by atoms with Gasteiger partial charge in [-0.25, -0.2) is 4.39 Å². The first kappa shape index (κ1) is 14.8. The molecule has 1 aromatic rings. The Hall–Kier alpha value is -1.23. The fourth-order valence-electron chi connectivity index (χ4n) is 1.50. The maximum absolute atomic E-state index is 12.7. The predicted molar refractivity (Wildman–Crippen MR) is 71.3 cm³/mol. The quantitative estimate of drug-likeness (QED) is 0.766. The molecule has 1 aromatic carbocycles. The normalized spacial score (nSPS) is 12.1. The molecule has 0 aliphatic rings. The Balaban J connectivity index is 2.17. The molecule has 0 aliphatic heterocycles. The summed E-state index contributed by atoms with van der Waals surface area (Å²) < 4.78 is 23.4. The van der Waals surface area contributed by atoms with Crippen LogP contribution < -0.4 is 5.32 Å². The second-order valence-electron chi connectivity index (χ2n) is 4.11. The van der Waals surface area contributed by atoms with E-state index in [0.717, 1.165) is 12.0 Å². The van der Waals surface area contributed by atoms with Crippen LogP contribution in [0.5, 0.6) is 0 Å². The Morgan fingerprint density at radius 1 is 1.33 bits per heavy atom. The lowest BCUT2D eigenvalue weighted by Crippen LogP contribution is -2.25. The first-order valence-electron chi connectivity index (χ1n) is 5.89. The largest absolute Gasteiger partial charge is 0.356 e. The zero-order valence-electron chi connectivity index (χ0n) is 10.4. The molecular formula is C13H18FNO2S. The minimum atomic E-state index is -0.803. The van der Waals surface area contributed by atoms with Gasteiger partial charge in [0.15, 0.2) is 0 Å². The van der Waals surface area contributed by atoms with E-state index in [9.17, 15) is 13.4 Å². The molecule has 0 fully saturated rings. The van der Waals surface area contributed by atoms with Gasteiger partial charge in [-0.3, -0.25) is 9.00 Å². The Morgan fingerprint density at radius 2 is 2.00 bits per heavy atom. The third-order valence-corrected chi connectivity index (χ3v) is 3.35. The van der Waals surface area contributed by atoms with E-state index < -0.39 is 10.8 Å². The molecule has 1 amide bonds. The van der Waals surface area contributed by atoms with Crippen molar-refractivity contribution in [3.8, 4) is 0 Å². The van der Waals surface area contributed by atoms with E-state index in [1.165, 1.54) is 12.1 Å². The van der Waals surface area contributed by atoms with Crippen LogP contribution in [0.3, 0.4) is 0 Å². The van der Waals surface area contributed by atoms with Crippen molar-refractivity contribution in [2.45, 2.75) is 19.3 Å². The lowest BCUT2D eigenvalue weighted by molar-refractivity contribution is -0.121. The molecule has 0 aliphatic carbocycles. The Bertz CT molecular complexity index is 406. The number of nitrogens with one attached hydrogen (secondary N) is 1. The van der Waals surface area contributed by atoms with E-state index in [2.05, 4.69) is 5.32 Å². The van der Waals surface area contributed by atoms with Crippen LogP contribution in [0.25, 0.3) is 0 Å². The van der Waals surface area contributed by atoms with Gasteiger partial charge >= 0.3 is 0 Å². The highest BCUT2D eigenvalue weighted by molar-refractivity contribution is 7.84. The third-order valence-electron chi connectivity index (χ3n) is 2.48. The smallest absolute Gasteiger partial charge is 0.220 e. The number of benzene rings is 1. The summed E-state index contributed by atoms with van der Waals surface area (Å²) in [4.78, 5) is 11.5. The number of halogens is 1. The number of rotatable bonds is 7. The predicted octanol–water partition coefficient (Wildman–Crippen LogP) is 1.64. The molecule has 1 unspecified atom stereocenters. The van der Waals surface area contributed by atoms with Crippen LogP contribution >= 0.6 is 0 Å². The van der Waals surface area contributed by atoms with Crippen molar-refractivity contribution in [1.29, 1.82) is 0 Å². The van der Waals surface area contributed by atoms with E-state index in [0.29, 0.717) is 25.1 Å². The van der Waals surface area contributed by atoms with Gasteiger partial charge in [-0.2, -0.15) is 0 Å². The zero-order chi connectivity index (χ0) is 13.4. The Kier molecular flexibility index (Phi) is 6.57. The van der Waals surface area contributed by atoms with E-state index in [1.54, 1.807) is 18.4 Å². The van der Waals surface area contributed by atoms with Crippen LogP contribution in [-0.4, -0.2) is 28.7 Å². The Labute approximate surface area is 109 Å². The molecule has 0 saturated heterocycles. The van der Waals surface area contributed by atoms with Gasteiger partial charge in [0.05, 0.1) is 0 Å². The number of hydrogen-bond acceptors (Lipinski definition) is 2. The standard InChI is InChI=1S/C13H18FNO2S/c1-18(17)10-2-9-15-13(16)8-5-11-3-6-12(14)7-4-11/h3-4,6-7H,2,5,8-10H2,1H3,(H,15,16). The van der Waals surface area contributed by atoms with Gasteiger partial charge in [0, 0.05) is 35.8 Å². The summed E-state index contributed by atoms with van der Waals surface area (Å²) in [6.07, 6.45) is 3.37. The highest BCUT2D eigenvalue weighted by Crippen LogP contribution is 2.05. The minimum Gasteiger partial charge on any atom is -0.356 e. The van der Waals surface area contributed by atoms with Gasteiger partial charge in [-0.05, 0) is 30.5 Å². The minimum absolute atomic E-state index is 0.0267. The molecular weight excluding hydrogens is 253 g/mol. The molecule has 18 heavy (non-hydrogen) atoms. The molecule has 100 valence electrons. The van der Waals surface area contributed by atoms with Crippen molar-refractivity contribution in [3.63, 3.8) is 0 Å². The van der Waals surface area contributed by atoms with E-state index >= 15 is 0 Å². The summed E-state index contributed by atoms with van der Waals surface area (Å²) in [5.74, 6) is 0.315. The van der Waals surface area contributed by atoms with E-state index in [4.69, 9.17) is 0 Å². The van der Waals surface area contributed by atoms with Crippen LogP contribution in [0.15, 0.2) is 24.3 Å². The number of amides is 1. The van der Waals surface area contributed by atoms with Gasteiger partial charge in [-0.1, -0.05) is 12.1 Å². The van der Waals surface area contributed by atoms with Crippen molar-refractivity contribution >= 4 is 16.7 Å². The van der Waals surface area contributed by atoms with Crippen LogP contribution in [-0.2, 0) is 22.0 Å². The lowest BCUT2D eigenvalue weighted by atomic mass is 10.1. The summed E-state index contributed by atoms with van der Waals surface area (Å²) in [7, 11) is -0.803. The molecule has 0 heterocycles. The van der Waals surface area contributed by atoms with Gasteiger partial charge in [0.1, 0.15) is 5.82 Å². The molecule has 5 heteroatoms. The third kappa shape index (κ3) is 6.49. The van der Waals surface area contributed by atoms with Gasteiger partial charge in [-0.15, -0.1) is 0 Å². The number of carbonyl (C=O) groups is 1. The van der Waals surface area contributed by atoms with Crippen LogP contribution in [0, 0.1) is 5.82 Å². The van der Waals surface area contributed by atoms with Crippen LogP contribution in [0.2, 0.25) is 0 Å². The molecule has 3 nitrogen and oxygen atoms in total. The molecule has 0 spiro atoms. The fourth-order valence-corrected chi connectivity index (χ4v) is 2.05. The molecule has 1 atom stereocenters. The highest BCUT2D eigenvalue weighted by Gasteiger charge is 2.02. The number of hydrogen-bond donors (Lipinski definition) is 1. The second-order valence-corrected chi connectivity index (χ2v) is 5.66. The summed E-state index contributed by atoms with van der Waals surface area (Å²) >= 11 is 0. The Morgan fingerprint density at radius 3 is 2.61 bits per heavy atom. The van der Waals surface area contributed by atoms with Gasteiger partial charge in [0.25, 0.3) is 0 Å². The second kappa shape index (κ2) is 7.97. The first-order valence-corrected chi connectivity index (χ1v) is 7.62. The van der Waals surface area contributed by atoms with Crippen LogP contribution in [0.1, 0.15) is 18.4 Å². The topological polar surface area (TPSA) is 46.2 Å². The summed E-state index contributed by atoms with van der Waals surface area (Å²) in [5, 5.41) is 2.77. The molecule has 1 N–H and O–H groups in total. The average molecular weight is 271 g/mol. The lowest BCUT2D eigenvalue weighted by Gasteiger charge is -2.04. The molecule has 0 aromatic heterocycles. The van der Waals surface area contributed by atoms with Crippen molar-refractivity contribution in [2.75, 3.05) is 18.6 Å². The molecule has 0 saturated carbocycles. The van der Waals surface area contributed by atoms with Crippen LogP contribution in [0.4, 0.5) is 4.39 Å². The fraction of sp³-hybridized carbons (Fsp3) is 0.462. The summed E-state index contributed by atoms with van der Waals surface area (Å²) in [6, 6.07) is 6.15. The molecule has 0 radical (unpaired) electrons. The number of carbonyl (C=O) groups excluding carboxylic acids is 1. The zero-order valence-corrected chi connectivity index (χ0v) is 11.3. The van der Waals surface area contributed by atoms with Crippen molar-refractivity contribution in [3.05, 3.63) is 35.6 Å². The monoisotopic (exact) mass is 271 g/mol. The highest BCUT2D eigenvalue weighted by atomic mass is 32.2. The summed E-state index contributed by atoms with van der Waals surface area (Å²) in [6.45, 7) is 0.557. The summed E-state index contributed by atoms with van der Waals surface area (Å²) in [5.41, 5.74) is 0.946. The van der Waals surface area contributed by atoms with Gasteiger partial charge < -0.3 is 5.32 Å². The average Bonchev–Trinajstić information content (AvgIpc) is 2.34. The number of aryl methyl sites for hydroxylation is 1. The van der Waals surface area contributed by atoms with Crippen molar-refractivity contribution in [1.82, 2.24) is 5.32 Å². The van der Waals surface area contributed by atoms with Gasteiger partial charge in [0.2, 0.25) is 5.91 Å². The van der Waals surface area contributed by atoms with Crippen molar-refractivity contribution in [2.24, 2.45) is 0 Å². The molecule has 1 rings (SSSR count). The maximum Gasteiger partial charge on any atom is 0.220 e. The molecule has 0 bridgehead atoms. The first-order chi connectivity index (χ1) is 8.58. The maximum atomic E-state index is 12.7. The SMILES string of the molecule is CS(=O)CCCNC(=O)CCc1ccc(F)cc1.